The molecule has 2 rings (SSSR count). The Morgan fingerprint density at radius 3 is 2.67 bits per heavy atom. The monoisotopic (exact) mass is 255 g/mol. The van der Waals surface area contributed by atoms with Gasteiger partial charge >= 0.3 is 0 Å². The lowest BCUT2D eigenvalue weighted by atomic mass is 10.0. The topological polar surface area (TPSA) is 58.8 Å². The van der Waals surface area contributed by atoms with Crippen molar-refractivity contribution in [2.75, 3.05) is 39.4 Å². The van der Waals surface area contributed by atoms with E-state index in [4.69, 9.17) is 10.5 Å². The third-order valence-electron chi connectivity index (χ3n) is 4.34. The minimum Gasteiger partial charge on any atom is -0.378 e. The number of morpholine rings is 1. The van der Waals surface area contributed by atoms with Gasteiger partial charge in [0.05, 0.1) is 19.3 Å². The second-order valence-corrected chi connectivity index (χ2v) is 5.42. The Kier molecular flexibility index (Phi) is 4.59. The summed E-state index contributed by atoms with van der Waals surface area (Å²) in [4.78, 5) is 16.6. The minimum atomic E-state index is -0.0541. The van der Waals surface area contributed by atoms with Crippen LogP contribution in [0.25, 0.3) is 0 Å². The highest BCUT2D eigenvalue weighted by Crippen LogP contribution is 2.25. The molecule has 3 unspecified atom stereocenters. The molecule has 5 nitrogen and oxygen atoms in total. The molecular weight excluding hydrogens is 230 g/mol. The highest BCUT2D eigenvalue weighted by atomic mass is 16.5. The summed E-state index contributed by atoms with van der Waals surface area (Å²) in [5, 5.41) is 0. The second kappa shape index (κ2) is 5.99. The van der Waals surface area contributed by atoms with E-state index in [-0.39, 0.29) is 11.9 Å². The van der Waals surface area contributed by atoms with E-state index in [2.05, 4.69) is 11.8 Å². The van der Waals surface area contributed by atoms with Crippen molar-refractivity contribution < 1.29 is 9.53 Å². The number of nitrogens with zero attached hydrogens (tertiary/aromatic N) is 2. The first kappa shape index (κ1) is 13.8. The van der Waals surface area contributed by atoms with E-state index < -0.39 is 0 Å². The standard InChI is InChI=1S/C13H25N3O2/c1-10-3-4-16(12(10)9-14)11(2)13(17)15-5-7-18-8-6-15/h10-12H,3-9,14H2,1-2H3. The quantitative estimate of drug-likeness (QED) is 0.765. The fourth-order valence-corrected chi connectivity index (χ4v) is 3.08. The molecule has 2 aliphatic rings. The molecule has 2 aliphatic heterocycles. The Balaban J connectivity index is 1.97. The van der Waals surface area contributed by atoms with Gasteiger partial charge in [-0.1, -0.05) is 6.92 Å². The Morgan fingerprint density at radius 1 is 1.39 bits per heavy atom. The van der Waals surface area contributed by atoms with Crippen molar-refractivity contribution in [1.29, 1.82) is 0 Å². The number of amides is 1. The summed E-state index contributed by atoms with van der Waals surface area (Å²) in [6, 6.07) is 0.298. The van der Waals surface area contributed by atoms with Crippen LogP contribution in [0.15, 0.2) is 0 Å². The van der Waals surface area contributed by atoms with Gasteiger partial charge in [0.1, 0.15) is 0 Å². The largest absolute Gasteiger partial charge is 0.378 e. The van der Waals surface area contributed by atoms with Gasteiger partial charge in [-0.15, -0.1) is 0 Å². The highest BCUT2D eigenvalue weighted by Gasteiger charge is 2.37. The summed E-state index contributed by atoms with van der Waals surface area (Å²) < 4.78 is 5.29. The zero-order chi connectivity index (χ0) is 13.1. The molecule has 0 aromatic heterocycles. The molecular formula is C13H25N3O2. The molecule has 104 valence electrons. The van der Waals surface area contributed by atoms with E-state index in [0.717, 1.165) is 26.1 Å². The van der Waals surface area contributed by atoms with Crippen molar-refractivity contribution in [3.63, 3.8) is 0 Å². The maximum atomic E-state index is 12.4. The van der Waals surface area contributed by atoms with Crippen LogP contribution < -0.4 is 5.73 Å². The van der Waals surface area contributed by atoms with Crippen molar-refractivity contribution in [2.45, 2.75) is 32.4 Å². The summed E-state index contributed by atoms with van der Waals surface area (Å²) in [6.07, 6.45) is 1.14. The molecule has 2 N–H and O–H groups in total. The van der Waals surface area contributed by atoms with Crippen molar-refractivity contribution >= 4 is 5.91 Å². The molecule has 1 amide bonds. The zero-order valence-corrected chi connectivity index (χ0v) is 11.5. The number of hydrogen-bond acceptors (Lipinski definition) is 4. The van der Waals surface area contributed by atoms with Gasteiger partial charge in [-0.05, 0) is 25.8 Å². The number of nitrogens with two attached hydrogens (primary N) is 1. The second-order valence-electron chi connectivity index (χ2n) is 5.42. The molecule has 0 bridgehead atoms. The number of carbonyl (C=O) groups is 1. The van der Waals surface area contributed by atoms with E-state index >= 15 is 0 Å². The average molecular weight is 255 g/mol. The fourth-order valence-electron chi connectivity index (χ4n) is 3.08. The van der Waals surface area contributed by atoms with Crippen LogP contribution in [0, 0.1) is 5.92 Å². The van der Waals surface area contributed by atoms with Crippen molar-refractivity contribution in [3.8, 4) is 0 Å². The molecule has 0 spiro atoms. The summed E-state index contributed by atoms with van der Waals surface area (Å²) >= 11 is 0. The molecule has 0 radical (unpaired) electrons. The Bertz CT molecular complexity index is 292. The van der Waals surface area contributed by atoms with Gasteiger partial charge in [-0.2, -0.15) is 0 Å². The summed E-state index contributed by atoms with van der Waals surface area (Å²) in [5.41, 5.74) is 5.84. The van der Waals surface area contributed by atoms with Crippen molar-refractivity contribution in [1.82, 2.24) is 9.80 Å². The maximum Gasteiger partial charge on any atom is 0.239 e. The first-order valence-corrected chi connectivity index (χ1v) is 6.97. The lowest BCUT2D eigenvalue weighted by molar-refractivity contribution is -0.140. The third-order valence-corrected chi connectivity index (χ3v) is 4.34. The Labute approximate surface area is 109 Å². The predicted octanol–water partition coefficient (Wildman–Crippen LogP) is -0.0972. The molecule has 18 heavy (non-hydrogen) atoms. The molecule has 5 heteroatoms. The van der Waals surface area contributed by atoms with Gasteiger partial charge in [-0.25, -0.2) is 0 Å². The Morgan fingerprint density at radius 2 is 2.06 bits per heavy atom. The summed E-state index contributed by atoms with van der Waals surface area (Å²) in [5.74, 6) is 0.820. The van der Waals surface area contributed by atoms with Crippen LogP contribution in [0.3, 0.4) is 0 Å². The number of hydrogen-bond donors (Lipinski definition) is 1. The van der Waals surface area contributed by atoms with Crippen LogP contribution in [-0.2, 0) is 9.53 Å². The van der Waals surface area contributed by atoms with E-state index in [9.17, 15) is 4.79 Å². The third kappa shape index (κ3) is 2.68. The molecule has 2 saturated heterocycles. The van der Waals surface area contributed by atoms with Gasteiger partial charge in [0, 0.05) is 25.7 Å². The number of rotatable bonds is 3. The Hall–Kier alpha value is -0.650. The van der Waals surface area contributed by atoms with Crippen LogP contribution in [0.2, 0.25) is 0 Å². The molecule has 0 aromatic rings. The predicted molar refractivity (Wildman–Crippen MR) is 70.2 cm³/mol. The van der Waals surface area contributed by atoms with Crippen LogP contribution in [0.5, 0.6) is 0 Å². The van der Waals surface area contributed by atoms with Crippen molar-refractivity contribution in [3.05, 3.63) is 0 Å². The molecule has 2 heterocycles. The van der Waals surface area contributed by atoms with Crippen LogP contribution in [-0.4, -0.2) is 67.2 Å². The first-order valence-electron chi connectivity index (χ1n) is 6.97. The molecule has 0 aliphatic carbocycles. The lowest BCUT2D eigenvalue weighted by Gasteiger charge is -2.35. The zero-order valence-electron chi connectivity index (χ0n) is 11.5. The van der Waals surface area contributed by atoms with Gasteiger partial charge < -0.3 is 15.4 Å². The van der Waals surface area contributed by atoms with Crippen LogP contribution >= 0.6 is 0 Å². The average Bonchev–Trinajstić information content (AvgIpc) is 2.79. The van der Waals surface area contributed by atoms with Gasteiger partial charge in [0.2, 0.25) is 5.91 Å². The molecule has 0 saturated carbocycles. The van der Waals surface area contributed by atoms with Crippen LogP contribution in [0.4, 0.5) is 0 Å². The first-order chi connectivity index (χ1) is 8.65. The van der Waals surface area contributed by atoms with E-state index in [1.807, 2.05) is 11.8 Å². The fraction of sp³-hybridized carbons (Fsp3) is 0.923. The van der Waals surface area contributed by atoms with Gasteiger partial charge in [0.15, 0.2) is 0 Å². The van der Waals surface area contributed by atoms with Gasteiger partial charge in [0.25, 0.3) is 0 Å². The van der Waals surface area contributed by atoms with Crippen LogP contribution in [0.1, 0.15) is 20.3 Å². The number of ether oxygens (including phenoxy) is 1. The maximum absolute atomic E-state index is 12.4. The number of likely N-dealkylation sites (tertiary alicyclic amines) is 1. The SMILES string of the molecule is CC1CCN(C(C)C(=O)N2CCOCC2)C1CN. The van der Waals surface area contributed by atoms with Gasteiger partial charge in [-0.3, -0.25) is 9.69 Å². The summed E-state index contributed by atoms with van der Waals surface area (Å²) in [7, 11) is 0. The molecule has 3 atom stereocenters. The minimum absolute atomic E-state index is 0.0541. The van der Waals surface area contributed by atoms with E-state index in [1.54, 1.807) is 0 Å². The van der Waals surface area contributed by atoms with Crippen molar-refractivity contribution in [2.24, 2.45) is 11.7 Å². The lowest BCUT2D eigenvalue weighted by Crippen LogP contribution is -2.53. The normalized spacial score (nSPS) is 31.6. The number of carbonyl (C=O) groups excluding carboxylic acids is 1. The summed E-state index contributed by atoms with van der Waals surface area (Å²) in [6.45, 7) is 8.63. The molecule has 2 fully saturated rings. The smallest absolute Gasteiger partial charge is 0.239 e. The van der Waals surface area contributed by atoms with E-state index in [1.165, 1.54) is 0 Å². The highest BCUT2D eigenvalue weighted by molar-refractivity contribution is 5.81. The van der Waals surface area contributed by atoms with E-state index in [0.29, 0.717) is 31.7 Å². The molecule has 0 aromatic carbocycles.